The lowest BCUT2D eigenvalue weighted by molar-refractivity contribution is -0.137. The molecule has 4 saturated heterocycles. The first-order valence-corrected chi connectivity index (χ1v) is 26.9. The number of nitrogens with zero attached hydrogens (tertiary/aromatic N) is 7. The lowest BCUT2D eigenvalue weighted by atomic mass is 9.95. The van der Waals surface area contributed by atoms with E-state index >= 15 is 17.6 Å². The number of carbonyl (C=O) groups is 1. The van der Waals surface area contributed by atoms with E-state index in [-0.39, 0.29) is 79.3 Å². The summed E-state index contributed by atoms with van der Waals surface area (Å²) in [7, 11) is 0.777. The number of anilines is 2. The Morgan fingerprint density at radius 2 is 1.57 bits per heavy atom. The fraction of sp³-hybridized carbons (Fsp3) is 0.440. The number of amides is 1. The van der Waals surface area contributed by atoms with Crippen LogP contribution >= 0.6 is 11.6 Å². The predicted molar refractivity (Wildman–Crippen MR) is 256 cm³/mol. The van der Waals surface area contributed by atoms with Crippen molar-refractivity contribution in [2.24, 2.45) is 0 Å². The number of methoxy groups -OCH3 is 2. The molecule has 1 N–H and O–H groups in total. The molecule has 1 amide bonds. The van der Waals surface area contributed by atoms with Crippen LogP contribution in [0.25, 0.3) is 22.2 Å². The normalized spacial score (nSPS) is 21.3. The Labute approximate surface area is 403 Å². The number of aromatic nitrogens is 3. The van der Waals surface area contributed by atoms with E-state index in [2.05, 4.69) is 16.4 Å². The van der Waals surface area contributed by atoms with Crippen LogP contribution in [0.3, 0.4) is 0 Å². The molecule has 4 fully saturated rings. The molecule has 9 rings (SSSR count). The second kappa shape index (κ2) is 18.8. The Balaban J connectivity index is 1.24. The van der Waals surface area contributed by atoms with Gasteiger partial charge in [-0.1, -0.05) is 61.4 Å². The van der Waals surface area contributed by atoms with E-state index in [0.717, 1.165) is 17.5 Å². The molecule has 12 nitrogen and oxygen atoms in total. The van der Waals surface area contributed by atoms with Crippen LogP contribution in [0.4, 0.5) is 38.4 Å². The molecule has 2 bridgehead atoms. The quantitative estimate of drug-likeness (QED) is 0.0732. The Hall–Kier alpha value is -5.90. The topological polar surface area (TPSA) is 117 Å². The Morgan fingerprint density at radius 1 is 0.942 bits per heavy atom. The molecule has 69 heavy (non-hydrogen) atoms. The zero-order valence-corrected chi connectivity index (χ0v) is 40.7. The van der Waals surface area contributed by atoms with Crippen molar-refractivity contribution in [3.8, 4) is 40.2 Å². The second-order valence-electron chi connectivity index (χ2n) is 19.4. The highest BCUT2D eigenvalue weighted by molar-refractivity contribution is 6.83. The van der Waals surface area contributed by atoms with Crippen LogP contribution in [0, 0.1) is 17.3 Å². The minimum absolute atomic E-state index is 0.00234. The molecule has 5 aromatic rings. The second-order valence-corrected chi connectivity index (χ2v) is 24.6. The lowest BCUT2D eigenvalue weighted by Crippen LogP contribution is -2.55. The number of alkyl halides is 4. The average molecular weight is 991 g/mol. The van der Waals surface area contributed by atoms with E-state index in [4.69, 9.17) is 35.8 Å². The molecule has 3 aromatic carbocycles. The van der Waals surface area contributed by atoms with Crippen LogP contribution in [0.2, 0.25) is 24.7 Å². The van der Waals surface area contributed by atoms with Crippen molar-refractivity contribution in [3.63, 3.8) is 0 Å². The number of carboxylic acid groups (broad SMARTS) is 1. The zero-order chi connectivity index (χ0) is 49.0. The van der Waals surface area contributed by atoms with Gasteiger partial charge in [-0.3, -0.25) is 9.80 Å². The van der Waals surface area contributed by atoms with Crippen LogP contribution in [-0.2, 0) is 19.3 Å². The Morgan fingerprint density at radius 3 is 2.13 bits per heavy atom. The molecule has 364 valence electrons. The van der Waals surface area contributed by atoms with Gasteiger partial charge in [0.05, 0.1) is 53.7 Å². The van der Waals surface area contributed by atoms with Crippen molar-refractivity contribution >= 4 is 48.3 Å². The smallest absolute Gasteiger partial charge is 0.419 e. The van der Waals surface area contributed by atoms with Crippen molar-refractivity contribution in [3.05, 3.63) is 93.8 Å². The van der Waals surface area contributed by atoms with Crippen molar-refractivity contribution in [1.82, 2.24) is 24.8 Å². The van der Waals surface area contributed by atoms with Gasteiger partial charge in [0, 0.05) is 50.1 Å². The number of piperazine rings is 1. The van der Waals surface area contributed by atoms with E-state index in [1.54, 1.807) is 43.4 Å². The van der Waals surface area contributed by atoms with Gasteiger partial charge in [0.1, 0.15) is 49.5 Å². The average Bonchev–Trinajstić information content (AvgIpc) is 3.93. The molecular weight excluding hydrogens is 937 g/mol. The first-order chi connectivity index (χ1) is 32.8. The number of hydrogen-bond acceptors (Lipinski definition) is 10. The summed E-state index contributed by atoms with van der Waals surface area (Å²) in [5.74, 6) is 3.14. The summed E-state index contributed by atoms with van der Waals surface area (Å²) in [6, 6.07) is 16.1. The van der Waals surface area contributed by atoms with E-state index < -0.39 is 72.3 Å². The zero-order valence-electron chi connectivity index (χ0n) is 39.0. The summed E-state index contributed by atoms with van der Waals surface area (Å²) in [5.41, 5.74) is 0.553. The van der Waals surface area contributed by atoms with Crippen LogP contribution in [-0.4, -0.2) is 115 Å². The molecule has 6 heterocycles. The third-order valence-corrected chi connectivity index (χ3v) is 14.7. The maximum Gasteiger partial charge on any atom is 0.419 e. The van der Waals surface area contributed by atoms with E-state index in [1.807, 2.05) is 53.7 Å². The number of fused-ring (bicyclic) bond motifs is 4. The van der Waals surface area contributed by atoms with Crippen molar-refractivity contribution in [1.29, 1.82) is 0 Å². The van der Waals surface area contributed by atoms with Crippen LogP contribution in [0.5, 0.6) is 17.5 Å². The van der Waals surface area contributed by atoms with Gasteiger partial charge in [0.15, 0.2) is 5.82 Å². The van der Waals surface area contributed by atoms with Crippen molar-refractivity contribution < 1.29 is 46.1 Å². The van der Waals surface area contributed by atoms with Gasteiger partial charge in [0.2, 0.25) is 0 Å². The van der Waals surface area contributed by atoms with E-state index in [1.165, 1.54) is 17.0 Å². The molecule has 0 spiro atoms. The molecule has 4 aliphatic heterocycles. The SMILES string of the molecule is COc1ccc(CN(Cc2ccc(OC)cc2)c2cc(C#C[Si](C)(C)C)c(C(F)(F)F)c(-c3c(Cl)cc4c(N5CC6CCC(C5)N6C(=O)O)nc(OC[C@@]56CCCN5C[C@H](F)C6)nc4c3F)n2)cc1. The molecule has 0 aliphatic carbocycles. The minimum Gasteiger partial charge on any atom is -0.497 e. The fourth-order valence-corrected chi connectivity index (χ4v) is 11.1. The highest BCUT2D eigenvalue weighted by Crippen LogP contribution is 2.47. The van der Waals surface area contributed by atoms with Gasteiger partial charge in [-0.05, 0) is 79.8 Å². The lowest BCUT2D eigenvalue weighted by Gasteiger charge is -2.40. The number of rotatable bonds is 12. The molecule has 19 heteroatoms. The first kappa shape index (κ1) is 48.1. The molecule has 4 atom stereocenters. The summed E-state index contributed by atoms with van der Waals surface area (Å²) in [6.07, 6.45) is -4.26. The number of halogens is 6. The van der Waals surface area contributed by atoms with E-state index in [0.29, 0.717) is 37.3 Å². The summed E-state index contributed by atoms with van der Waals surface area (Å²) in [5, 5.41) is 9.74. The van der Waals surface area contributed by atoms with Crippen molar-refractivity contribution in [2.75, 3.05) is 56.8 Å². The van der Waals surface area contributed by atoms with Crippen molar-refractivity contribution in [2.45, 2.75) is 94.8 Å². The summed E-state index contributed by atoms with van der Waals surface area (Å²) in [6.45, 7) is 7.41. The van der Waals surface area contributed by atoms with Crippen LogP contribution in [0.1, 0.15) is 54.4 Å². The minimum atomic E-state index is -5.10. The van der Waals surface area contributed by atoms with Gasteiger partial charge in [-0.2, -0.15) is 23.1 Å². The highest BCUT2D eigenvalue weighted by atomic mass is 35.5. The molecule has 4 aliphatic rings. The Kier molecular flexibility index (Phi) is 13.1. The number of benzene rings is 3. The van der Waals surface area contributed by atoms with Gasteiger partial charge >= 0.3 is 18.3 Å². The molecule has 0 saturated carbocycles. The number of ether oxygens (including phenoxy) is 3. The molecule has 0 radical (unpaired) electrons. The summed E-state index contributed by atoms with van der Waals surface area (Å²) >= 11 is 7.08. The molecular formula is C50H53ClF5N7O5Si. The first-order valence-electron chi connectivity index (χ1n) is 23.0. The molecule has 2 unspecified atom stereocenters. The monoisotopic (exact) mass is 989 g/mol. The van der Waals surface area contributed by atoms with Crippen LogP contribution in [0.15, 0.2) is 60.7 Å². The van der Waals surface area contributed by atoms with E-state index in [9.17, 15) is 14.3 Å². The standard InChI is InChI=1S/C50H53ClF5N7O5Si/c1-66-36-13-7-30(8-14-36)24-60(25-31-9-15-37(67-2)16-10-31)40-21-32(17-20-69(3,4)5)42(50(54,55)56)45(57-40)41-39(51)22-38-44(43(41)53)58-47(68-29-49-18-6-19-62(49)26-33(52)23-49)59-46(38)61-27-34-11-12-35(28-61)63(34)48(64)65/h7-10,13-16,21-22,33-35H,6,11-12,18-19,23-29H2,1-5H3,(H,64,65)/t33-,34?,35?,49+/m1/s1. The number of pyridine rings is 1. The molecule has 2 aromatic heterocycles. The summed E-state index contributed by atoms with van der Waals surface area (Å²) in [4.78, 5) is 33.4. The third kappa shape index (κ3) is 9.82. The third-order valence-electron chi connectivity index (χ3n) is 13.6. The maximum absolute atomic E-state index is 18.1. The summed E-state index contributed by atoms with van der Waals surface area (Å²) < 4.78 is 97.5. The van der Waals surface area contributed by atoms with Gasteiger partial charge in [-0.25, -0.2) is 18.6 Å². The van der Waals surface area contributed by atoms with Gasteiger partial charge in [-0.15, -0.1) is 5.54 Å². The van der Waals surface area contributed by atoms with Crippen LogP contribution < -0.4 is 24.0 Å². The van der Waals surface area contributed by atoms with Gasteiger partial charge < -0.3 is 29.1 Å². The predicted octanol–water partition coefficient (Wildman–Crippen LogP) is 10.2. The van der Waals surface area contributed by atoms with Gasteiger partial charge in [0.25, 0.3) is 0 Å². The highest BCUT2D eigenvalue weighted by Gasteiger charge is 2.50. The Bertz CT molecular complexity index is 2760. The number of hydrogen-bond donors (Lipinski definition) is 1. The maximum atomic E-state index is 18.1. The fourth-order valence-electron chi connectivity index (χ4n) is 10.4. The largest absolute Gasteiger partial charge is 0.497 e.